The molecule has 0 bridgehead atoms. The zero-order valence-electron chi connectivity index (χ0n) is 15.1. The Labute approximate surface area is 152 Å². The van der Waals surface area contributed by atoms with Crippen LogP contribution in [0.2, 0.25) is 0 Å². The molecule has 0 spiro atoms. The third-order valence-electron chi connectivity index (χ3n) is 5.35. The van der Waals surface area contributed by atoms with Crippen LogP contribution in [0, 0.1) is 0 Å². The average molecular weight is 359 g/mol. The standard InChI is InChI=1S/C17H25N7O2/c1-22-15(12-23-8-10-26-11-9-23)20-21-16(22)13-3-6-24(7-4-13)17(25)14-2-5-18-19-14/h2,5,13H,3-4,6-12H2,1H3,(H,18,19). The van der Waals surface area contributed by atoms with Gasteiger partial charge in [0.25, 0.3) is 5.91 Å². The van der Waals surface area contributed by atoms with Crippen molar-refractivity contribution < 1.29 is 9.53 Å². The van der Waals surface area contributed by atoms with Gasteiger partial charge in [0.15, 0.2) is 0 Å². The minimum absolute atomic E-state index is 0.0203. The lowest BCUT2D eigenvalue weighted by atomic mass is 9.95. The summed E-state index contributed by atoms with van der Waals surface area (Å²) in [5, 5.41) is 15.5. The van der Waals surface area contributed by atoms with Crippen LogP contribution in [-0.2, 0) is 18.3 Å². The zero-order valence-corrected chi connectivity index (χ0v) is 15.1. The van der Waals surface area contributed by atoms with Crippen LogP contribution in [0.15, 0.2) is 12.3 Å². The monoisotopic (exact) mass is 359 g/mol. The Morgan fingerprint density at radius 3 is 2.69 bits per heavy atom. The number of carbonyl (C=O) groups is 1. The van der Waals surface area contributed by atoms with Crippen LogP contribution in [-0.4, -0.2) is 80.1 Å². The molecule has 0 unspecified atom stereocenters. The molecule has 0 aromatic carbocycles. The maximum atomic E-state index is 12.4. The van der Waals surface area contributed by atoms with Crippen molar-refractivity contribution in [2.75, 3.05) is 39.4 Å². The van der Waals surface area contributed by atoms with Gasteiger partial charge in [-0.2, -0.15) is 5.10 Å². The van der Waals surface area contributed by atoms with E-state index in [2.05, 4.69) is 29.9 Å². The maximum Gasteiger partial charge on any atom is 0.271 e. The topological polar surface area (TPSA) is 92.2 Å². The Hall–Kier alpha value is -2.26. The molecule has 0 atom stereocenters. The number of piperidine rings is 1. The van der Waals surface area contributed by atoms with Crippen LogP contribution in [0.25, 0.3) is 0 Å². The SMILES string of the molecule is Cn1c(CN2CCOCC2)nnc1C1CCN(C(=O)c2ccn[nH]2)CC1. The van der Waals surface area contributed by atoms with Crippen LogP contribution in [0.3, 0.4) is 0 Å². The summed E-state index contributed by atoms with van der Waals surface area (Å²) < 4.78 is 7.53. The van der Waals surface area contributed by atoms with E-state index in [1.54, 1.807) is 12.3 Å². The number of H-pyrrole nitrogens is 1. The summed E-state index contributed by atoms with van der Waals surface area (Å²) in [6, 6.07) is 1.72. The fourth-order valence-electron chi connectivity index (χ4n) is 3.71. The number of carbonyl (C=O) groups excluding carboxylic acids is 1. The summed E-state index contributed by atoms with van der Waals surface area (Å²) in [5.41, 5.74) is 0.551. The Balaban J connectivity index is 1.36. The largest absolute Gasteiger partial charge is 0.379 e. The minimum atomic E-state index is 0.0203. The molecular weight excluding hydrogens is 334 g/mol. The van der Waals surface area contributed by atoms with Gasteiger partial charge >= 0.3 is 0 Å². The first-order valence-corrected chi connectivity index (χ1v) is 9.19. The summed E-state index contributed by atoms with van der Waals surface area (Å²) >= 11 is 0. The molecular formula is C17H25N7O2. The zero-order chi connectivity index (χ0) is 17.9. The molecule has 2 aliphatic heterocycles. The Morgan fingerprint density at radius 2 is 2.00 bits per heavy atom. The molecule has 1 amide bonds. The number of morpholine rings is 1. The van der Waals surface area contributed by atoms with Crippen molar-refractivity contribution in [3.8, 4) is 0 Å². The molecule has 9 heteroatoms. The van der Waals surface area contributed by atoms with Gasteiger partial charge in [-0.25, -0.2) is 0 Å². The fraction of sp³-hybridized carbons (Fsp3) is 0.647. The van der Waals surface area contributed by atoms with Gasteiger partial charge in [-0.1, -0.05) is 0 Å². The first kappa shape index (κ1) is 17.2. The lowest BCUT2D eigenvalue weighted by Gasteiger charge is -2.31. The van der Waals surface area contributed by atoms with E-state index >= 15 is 0 Å². The van der Waals surface area contributed by atoms with Crippen molar-refractivity contribution in [2.24, 2.45) is 7.05 Å². The predicted octanol–water partition coefficient (Wildman–Crippen LogP) is 0.390. The lowest BCUT2D eigenvalue weighted by molar-refractivity contribution is 0.0326. The summed E-state index contributed by atoms with van der Waals surface area (Å²) in [5.74, 6) is 2.39. The molecule has 0 radical (unpaired) electrons. The number of rotatable bonds is 4. The van der Waals surface area contributed by atoms with Crippen molar-refractivity contribution in [3.63, 3.8) is 0 Å². The second-order valence-corrected chi connectivity index (χ2v) is 6.96. The second-order valence-electron chi connectivity index (χ2n) is 6.96. The number of aromatic amines is 1. The van der Waals surface area contributed by atoms with Gasteiger partial charge < -0.3 is 14.2 Å². The Bertz CT molecular complexity index is 728. The van der Waals surface area contributed by atoms with Crippen LogP contribution in [0.5, 0.6) is 0 Å². The highest BCUT2D eigenvalue weighted by Crippen LogP contribution is 2.27. The smallest absolute Gasteiger partial charge is 0.271 e. The number of likely N-dealkylation sites (tertiary alicyclic amines) is 1. The van der Waals surface area contributed by atoms with Gasteiger partial charge in [0, 0.05) is 45.3 Å². The molecule has 0 aliphatic carbocycles. The summed E-state index contributed by atoms with van der Waals surface area (Å²) in [6.45, 7) is 5.72. The van der Waals surface area contributed by atoms with Crippen LogP contribution >= 0.6 is 0 Å². The second kappa shape index (κ2) is 7.55. The minimum Gasteiger partial charge on any atom is -0.379 e. The highest BCUT2D eigenvalue weighted by molar-refractivity contribution is 5.92. The highest BCUT2D eigenvalue weighted by Gasteiger charge is 2.28. The number of hydrogen-bond donors (Lipinski definition) is 1. The van der Waals surface area contributed by atoms with Gasteiger partial charge in [0.05, 0.1) is 19.8 Å². The Kier molecular flexibility index (Phi) is 4.98. The van der Waals surface area contributed by atoms with E-state index < -0.39 is 0 Å². The molecule has 2 saturated heterocycles. The molecule has 140 valence electrons. The lowest BCUT2D eigenvalue weighted by Crippen LogP contribution is -2.38. The highest BCUT2D eigenvalue weighted by atomic mass is 16.5. The molecule has 9 nitrogen and oxygen atoms in total. The molecule has 2 aliphatic rings. The van der Waals surface area contributed by atoms with E-state index in [0.717, 1.165) is 70.4 Å². The molecule has 2 fully saturated rings. The normalized spacial score (nSPS) is 19.8. The molecule has 0 saturated carbocycles. The quantitative estimate of drug-likeness (QED) is 0.849. The summed E-state index contributed by atoms with van der Waals surface area (Å²) in [7, 11) is 2.05. The van der Waals surface area contributed by atoms with Crippen molar-refractivity contribution in [1.29, 1.82) is 0 Å². The molecule has 2 aromatic heterocycles. The van der Waals surface area contributed by atoms with Crippen molar-refractivity contribution in [1.82, 2.24) is 34.8 Å². The van der Waals surface area contributed by atoms with Crippen LogP contribution in [0.4, 0.5) is 0 Å². The molecule has 4 heterocycles. The molecule has 1 N–H and O–H groups in total. The van der Waals surface area contributed by atoms with Crippen molar-refractivity contribution in [2.45, 2.75) is 25.3 Å². The number of nitrogens with zero attached hydrogens (tertiary/aromatic N) is 6. The third kappa shape index (κ3) is 3.49. The van der Waals surface area contributed by atoms with E-state index in [-0.39, 0.29) is 5.91 Å². The fourth-order valence-corrected chi connectivity index (χ4v) is 3.71. The number of hydrogen-bond acceptors (Lipinski definition) is 6. The summed E-state index contributed by atoms with van der Waals surface area (Å²) in [6.07, 6.45) is 3.42. The van der Waals surface area contributed by atoms with E-state index in [1.807, 2.05) is 11.9 Å². The predicted molar refractivity (Wildman–Crippen MR) is 93.6 cm³/mol. The van der Waals surface area contributed by atoms with E-state index in [0.29, 0.717) is 11.6 Å². The van der Waals surface area contributed by atoms with Crippen LogP contribution < -0.4 is 0 Å². The number of ether oxygens (including phenoxy) is 1. The van der Waals surface area contributed by atoms with Gasteiger partial charge in [0.2, 0.25) is 0 Å². The van der Waals surface area contributed by atoms with E-state index in [4.69, 9.17) is 4.74 Å². The molecule has 4 rings (SSSR count). The first-order valence-electron chi connectivity index (χ1n) is 9.19. The van der Waals surface area contributed by atoms with Gasteiger partial charge in [0.1, 0.15) is 17.3 Å². The van der Waals surface area contributed by atoms with E-state index in [9.17, 15) is 4.79 Å². The summed E-state index contributed by atoms with van der Waals surface area (Å²) in [4.78, 5) is 16.6. The first-order chi connectivity index (χ1) is 12.7. The molecule has 2 aromatic rings. The number of nitrogens with one attached hydrogen (secondary N) is 1. The van der Waals surface area contributed by atoms with Crippen LogP contribution in [0.1, 0.15) is 40.9 Å². The van der Waals surface area contributed by atoms with E-state index in [1.165, 1.54) is 0 Å². The third-order valence-corrected chi connectivity index (χ3v) is 5.35. The van der Waals surface area contributed by atoms with Crippen molar-refractivity contribution >= 4 is 5.91 Å². The number of aromatic nitrogens is 5. The van der Waals surface area contributed by atoms with Gasteiger partial charge in [-0.15, -0.1) is 10.2 Å². The molecule has 26 heavy (non-hydrogen) atoms. The average Bonchev–Trinajstić information content (AvgIpc) is 3.33. The number of amides is 1. The van der Waals surface area contributed by atoms with Gasteiger partial charge in [-0.05, 0) is 18.9 Å². The Morgan fingerprint density at radius 1 is 1.23 bits per heavy atom. The van der Waals surface area contributed by atoms with Crippen molar-refractivity contribution in [3.05, 3.63) is 29.6 Å². The maximum absolute atomic E-state index is 12.4. The van der Waals surface area contributed by atoms with Gasteiger partial charge in [-0.3, -0.25) is 14.8 Å².